The van der Waals surface area contributed by atoms with Gasteiger partial charge in [-0.3, -0.25) is 4.99 Å². The van der Waals surface area contributed by atoms with E-state index in [9.17, 15) is 0 Å². The molecular weight excluding hydrogens is 419 g/mol. The highest BCUT2D eigenvalue weighted by atomic mass is 127. The van der Waals surface area contributed by atoms with Crippen molar-refractivity contribution in [1.29, 1.82) is 0 Å². The summed E-state index contributed by atoms with van der Waals surface area (Å²) in [4.78, 5) is 7.00. The van der Waals surface area contributed by atoms with Crippen LogP contribution in [0, 0.1) is 11.8 Å². The van der Waals surface area contributed by atoms with Gasteiger partial charge in [0.15, 0.2) is 5.96 Å². The third-order valence-corrected chi connectivity index (χ3v) is 5.93. The van der Waals surface area contributed by atoms with Crippen LogP contribution in [0.4, 0.5) is 0 Å². The van der Waals surface area contributed by atoms with Crippen LogP contribution >= 0.6 is 35.7 Å². The fourth-order valence-electron chi connectivity index (χ4n) is 3.48. The Hall–Kier alpha value is 0.310. The van der Waals surface area contributed by atoms with E-state index in [1.165, 1.54) is 51.1 Å². The van der Waals surface area contributed by atoms with Gasteiger partial charge >= 0.3 is 0 Å². The Morgan fingerprint density at radius 2 is 2.00 bits per heavy atom. The van der Waals surface area contributed by atoms with Gasteiger partial charge in [0.05, 0.1) is 0 Å². The minimum atomic E-state index is 0. The molecule has 0 bridgehead atoms. The van der Waals surface area contributed by atoms with Crippen LogP contribution in [-0.4, -0.2) is 61.6 Å². The van der Waals surface area contributed by atoms with Crippen molar-refractivity contribution in [2.45, 2.75) is 44.8 Å². The predicted octanol–water partition coefficient (Wildman–Crippen LogP) is 3.03. The smallest absolute Gasteiger partial charge is 0.191 e. The molecule has 2 atom stereocenters. The van der Waals surface area contributed by atoms with E-state index >= 15 is 0 Å². The molecule has 2 saturated heterocycles. The van der Waals surface area contributed by atoms with Crippen molar-refractivity contribution < 1.29 is 0 Å². The zero-order valence-corrected chi connectivity index (χ0v) is 18.2. The SMILES string of the molecule is CN=C(NCC1CCCN(CC(C)C)C1)NCC1CCCS1.I. The molecule has 2 N–H and O–H groups in total. The zero-order chi connectivity index (χ0) is 15.8. The first-order chi connectivity index (χ1) is 10.7. The molecule has 0 spiro atoms. The standard InChI is InChI=1S/C17H34N4S.HI/c1-14(2)12-21-8-4-6-15(13-21)10-19-17(18-3)20-11-16-7-5-9-22-16;/h14-16H,4-13H2,1-3H3,(H2,18,19,20);1H. The number of likely N-dealkylation sites (tertiary alicyclic amines) is 1. The van der Waals surface area contributed by atoms with E-state index in [0.29, 0.717) is 0 Å². The Morgan fingerprint density at radius 1 is 1.22 bits per heavy atom. The monoisotopic (exact) mass is 454 g/mol. The normalized spacial score (nSPS) is 26.2. The minimum Gasteiger partial charge on any atom is -0.356 e. The Bertz CT molecular complexity index is 345. The van der Waals surface area contributed by atoms with Crippen molar-refractivity contribution in [3.05, 3.63) is 0 Å². The van der Waals surface area contributed by atoms with Crippen molar-refractivity contribution in [2.24, 2.45) is 16.8 Å². The summed E-state index contributed by atoms with van der Waals surface area (Å²) in [6.07, 6.45) is 5.40. The largest absolute Gasteiger partial charge is 0.356 e. The Kier molecular flexibility index (Phi) is 10.9. The Morgan fingerprint density at radius 3 is 2.65 bits per heavy atom. The number of piperidine rings is 1. The summed E-state index contributed by atoms with van der Waals surface area (Å²) in [5.74, 6) is 3.83. The van der Waals surface area contributed by atoms with Crippen molar-refractivity contribution in [1.82, 2.24) is 15.5 Å². The van der Waals surface area contributed by atoms with E-state index in [1.54, 1.807) is 0 Å². The van der Waals surface area contributed by atoms with E-state index in [4.69, 9.17) is 0 Å². The maximum Gasteiger partial charge on any atom is 0.191 e. The number of halogens is 1. The van der Waals surface area contributed by atoms with Gasteiger partial charge in [-0.1, -0.05) is 13.8 Å². The lowest BCUT2D eigenvalue weighted by Gasteiger charge is -2.34. The van der Waals surface area contributed by atoms with E-state index < -0.39 is 0 Å². The minimum absolute atomic E-state index is 0. The van der Waals surface area contributed by atoms with Gasteiger partial charge in [-0.05, 0) is 49.8 Å². The number of guanidine groups is 1. The van der Waals surface area contributed by atoms with Gasteiger partial charge in [0.1, 0.15) is 0 Å². The van der Waals surface area contributed by atoms with E-state index in [0.717, 1.165) is 36.1 Å². The van der Waals surface area contributed by atoms with Crippen molar-refractivity contribution in [2.75, 3.05) is 45.5 Å². The van der Waals surface area contributed by atoms with Crippen LogP contribution in [0.25, 0.3) is 0 Å². The second kappa shape index (κ2) is 11.8. The van der Waals surface area contributed by atoms with E-state index in [1.807, 2.05) is 7.05 Å². The number of hydrogen-bond donors (Lipinski definition) is 2. The average Bonchev–Trinajstić information content (AvgIpc) is 3.00. The first-order valence-corrected chi connectivity index (χ1v) is 10.0. The number of hydrogen-bond acceptors (Lipinski definition) is 3. The van der Waals surface area contributed by atoms with Gasteiger partial charge in [-0.15, -0.1) is 24.0 Å². The first kappa shape index (κ1) is 21.4. The van der Waals surface area contributed by atoms with Gasteiger partial charge in [0.25, 0.3) is 0 Å². The zero-order valence-electron chi connectivity index (χ0n) is 15.0. The lowest BCUT2D eigenvalue weighted by Crippen LogP contribution is -2.46. The molecule has 0 amide bonds. The summed E-state index contributed by atoms with van der Waals surface area (Å²) in [5, 5.41) is 7.81. The lowest BCUT2D eigenvalue weighted by molar-refractivity contribution is 0.159. The molecule has 2 fully saturated rings. The molecule has 23 heavy (non-hydrogen) atoms. The summed E-state index contributed by atoms with van der Waals surface area (Å²) in [5.41, 5.74) is 0. The molecule has 0 aromatic heterocycles. The molecule has 2 aliphatic rings. The molecule has 2 unspecified atom stereocenters. The molecular formula is C17H35IN4S. The van der Waals surface area contributed by atoms with Gasteiger partial charge < -0.3 is 15.5 Å². The highest BCUT2D eigenvalue weighted by Crippen LogP contribution is 2.25. The van der Waals surface area contributed by atoms with Crippen LogP contribution in [0.2, 0.25) is 0 Å². The molecule has 0 saturated carbocycles. The Balaban J connectivity index is 0.00000264. The summed E-state index contributed by atoms with van der Waals surface area (Å²) in [6, 6.07) is 0. The number of rotatable bonds is 6. The fraction of sp³-hybridized carbons (Fsp3) is 0.941. The summed E-state index contributed by atoms with van der Waals surface area (Å²) >= 11 is 2.09. The second-order valence-electron chi connectivity index (χ2n) is 7.13. The maximum atomic E-state index is 4.37. The number of thioether (sulfide) groups is 1. The quantitative estimate of drug-likeness (QED) is 0.368. The third kappa shape index (κ3) is 8.29. The van der Waals surface area contributed by atoms with Crippen molar-refractivity contribution >= 4 is 41.7 Å². The lowest BCUT2D eigenvalue weighted by atomic mass is 9.97. The van der Waals surface area contributed by atoms with Crippen LogP contribution < -0.4 is 10.6 Å². The summed E-state index contributed by atoms with van der Waals surface area (Å²) < 4.78 is 0. The maximum absolute atomic E-state index is 4.37. The van der Waals surface area contributed by atoms with Gasteiger partial charge in [0, 0.05) is 38.5 Å². The van der Waals surface area contributed by atoms with Crippen LogP contribution in [0.1, 0.15) is 39.5 Å². The molecule has 0 radical (unpaired) electrons. The van der Waals surface area contributed by atoms with Crippen LogP contribution in [0.5, 0.6) is 0 Å². The van der Waals surface area contributed by atoms with Crippen molar-refractivity contribution in [3.8, 4) is 0 Å². The summed E-state index contributed by atoms with van der Waals surface area (Å²) in [7, 11) is 1.88. The second-order valence-corrected chi connectivity index (χ2v) is 8.54. The average molecular weight is 454 g/mol. The first-order valence-electron chi connectivity index (χ1n) is 8.96. The molecule has 0 aromatic carbocycles. The van der Waals surface area contributed by atoms with Crippen LogP contribution in [0.15, 0.2) is 4.99 Å². The van der Waals surface area contributed by atoms with E-state index in [2.05, 4.69) is 46.1 Å². The molecule has 4 nitrogen and oxygen atoms in total. The topological polar surface area (TPSA) is 39.7 Å². The van der Waals surface area contributed by atoms with Crippen LogP contribution in [-0.2, 0) is 0 Å². The molecule has 2 aliphatic heterocycles. The number of aliphatic imine (C=N–C) groups is 1. The summed E-state index contributed by atoms with van der Waals surface area (Å²) in [6.45, 7) is 10.5. The van der Waals surface area contributed by atoms with Gasteiger partial charge in [-0.25, -0.2) is 0 Å². The molecule has 2 rings (SSSR count). The van der Waals surface area contributed by atoms with Crippen LogP contribution in [0.3, 0.4) is 0 Å². The molecule has 0 aromatic rings. The number of nitrogens with one attached hydrogen (secondary N) is 2. The fourth-order valence-corrected chi connectivity index (χ4v) is 4.68. The van der Waals surface area contributed by atoms with Gasteiger partial charge in [0.2, 0.25) is 0 Å². The molecule has 6 heteroatoms. The molecule has 136 valence electrons. The Labute approximate surface area is 164 Å². The predicted molar refractivity (Wildman–Crippen MR) is 114 cm³/mol. The van der Waals surface area contributed by atoms with E-state index in [-0.39, 0.29) is 24.0 Å². The van der Waals surface area contributed by atoms with Crippen molar-refractivity contribution in [3.63, 3.8) is 0 Å². The highest BCUT2D eigenvalue weighted by molar-refractivity contribution is 14.0. The highest BCUT2D eigenvalue weighted by Gasteiger charge is 2.21. The molecule has 2 heterocycles. The van der Waals surface area contributed by atoms with Gasteiger partial charge in [-0.2, -0.15) is 11.8 Å². The third-order valence-electron chi connectivity index (χ3n) is 4.53. The molecule has 0 aliphatic carbocycles. The number of nitrogens with zero attached hydrogens (tertiary/aromatic N) is 2.